The first-order valence-electron chi connectivity index (χ1n) is 6.53. The smallest absolute Gasteiger partial charge is 0.274 e. The molecule has 0 bridgehead atoms. The predicted molar refractivity (Wildman–Crippen MR) is 72.1 cm³/mol. The second-order valence-corrected chi connectivity index (χ2v) is 5.17. The van der Waals surface area contributed by atoms with Crippen molar-refractivity contribution in [1.82, 2.24) is 15.1 Å². The number of carbonyl (C=O) groups excluding carboxylic acids is 1. The predicted octanol–water partition coefficient (Wildman–Crippen LogP) is 1.16. The Morgan fingerprint density at radius 1 is 1.47 bits per heavy atom. The molecule has 6 nitrogen and oxygen atoms in total. The lowest BCUT2D eigenvalue weighted by Crippen LogP contribution is -2.50. The van der Waals surface area contributed by atoms with Crippen molar-refractivity contribution in [2.45, 2.75) is 26.4 Å². The van der Waals surface area contributed by atoms with Gasteiger partial charge in [-0.05, 0) is 32.9 Å². The Labute approximate surface area is 113 Å². The van der Waals surface area contributed by atoms with Gasteiger partial charge in [0.1, 0.15) is 5.82 Å². The van der Waals surface area contributed by atoms with E-state index in [0.717, 1.165) is 6.54 Å². The number of nitrogens with zero attached hydrogens (tertiary/aromatic N) is 3. The van der Waals surface area contributed by atoms with Crippen molar-refractivity contribution >= 4 is 11.7 Å². The van der Waals surface area contributed by atoms with Gasteiger partial charge in [-0.25, -0.2) is 0 Å². The minimum atomic E-state index is -0.301. The Morgan fingerprint density at radius 2 is 2.26 bits per heavy atom. The van der Waals surface area contributed by atoms with Crippen LogP contribution < -0.4 is 5.32 Å². The van der Waals surface area contributed by atoms with Crippen LogP contribution in [0.3, 0.4) is 0 Å². The first kappa shape index (κ1) is 13.7. The Morgan fingerprint density at radius 3 is 2.84 bits per heavy atom. The standard InChI is InChI=1S/C13H20N4O2/c1-4-14-11-6-5-10(15-16-11)12(18)17-7-8-19-13(2,3)9-17/h5-6H,4,7-9H2,1-3H3,(H,14,16). The summed E-state index contributed by atoms with van der Waals surface area (Å²) >= 11 is 0. The second-order valence-electron chi connectivity index (χ2n) is 5.17. The van der Waals surface area contributed by atoms with E-state index in [1.807, 2.05) is 20.8 Å². The molecule has 1 aromatic rings. The molecule has 2 rings (SSSR count). The van der Waals surface area contributed by atoms with Gasteiger partial charge in [0, 0.05) is 19.6 Å². The maximum Gasteiger partial charge on any atom is 0.274 e. The van der Waals surface area contributed by atoms with E-state index in [4.69, 9.17) is 4.74 Å². The highest BCUT2D eigenvalue weighted by Crippen LogP contribution is 2.18. The van der Waals surface area contributed by atoms with E-state index < -0.39 is 0 Å². The van der Waals surface area contributed by atoms with E-state index in [1.165, 1.54) is 0 Å². The zero-order valence-electron chi connectivity index (χ0n) is 11.6. The lowest BCUT2D eigenvalue weighted by atomic mass is 10.1. The molecule has 0 atom stereocenters. The highest BCUT2D eigenvalue weighted by molar-refractivity contribution is 5.92. The normalized spacial score (nSPS) is 18.2. The maximum absolute atomic E-state index is 12.3. The van der Waals surface area contributed by atoms with Gasteiger partial charge in [-0.15, -0.1) is 10.2 Å². The minimum Gasteiger partial charge on any atom is -0.372 e. The Hall–Kier alpha value is -1.69. The van der Waals surface area contributed by atoms with Crippen molar-refractivity contribution in [2.24, 2.45) is 0 Å². The molecule has 1 aromatic heterocycles. The molecule has 1 saturated heterocycles. The SMILES string of the molecule is CCNc1ccc(C(=O)N2CCOC(C)(C)C2)nn1. The minimum absolute atomic E-state index is 0.0908. The molecule has 1 aliphatic rings. The molecule has 0 aliphatic carbocycles. The molecule has 0 spiro atoms. The van der Waals surface area contributed by atoms with Crippen molar-refractivity contribution in [3.8, 4) is 0 Å². The molecule has 0 aromatic carbocycles. The van der Waals surface area contributed by atoms with Gasteiger partial charge in [-0.3, -0.25) is 4.79 Å². The van der Waals surface area contributed by atoms with Crippen LogP contribution in [0.1, 0.15) is 31.3 Å². The average Bonchev–Trinajstić information content (AvgIpc) is 2.38. The molecule has 1 amide bonds. The summed E-state index contributed by atoms with van der Waals surface area (Å²) in [7, 11) is 0. The fraction of sp³-hybridized carbons (Fsp3) is 0.615. The summed E-state index contributed by atoms with van der Waals surface area (Å²) < 4.78 is 5.59. The maximum atomic E-state index is 12.3. The van der Waals surface area contributed by atoms with Crippen LogP contribution in [-0.2, 0) is 4.74 Å². The van der Waals surface area contributed by atoms with Gasteiger partial charge in [0.15, 0.2) is 5.69 Å². The van der Waals surface area contributed by atoms with Crippen molar-refractivity contribution < 1.29 is 9.53 Å². The van der Waals surface area contributed by atoms with Crippen molar-refractivity contribution in [1.29, 1.82) is 0 Å². The molecule has 1 N–H and O–H groups in total. The van der Waals surface area contributed by atoms with E-state index >= 15 is 0 Å². The van der Waals surface area contributed by atoms with Gasteiger partial charge in [0.05, 0.1) is 12.2 Å². The van der Waals surface area contributed by atoms with Crippen molar-refractivity contribution in [2.75, 3.05) is 31.6 Å². The number of ether oxygens (including phenoxy) is 1. The van der Waals surface area contributed by atoms with Crippen LogP contribution in [0, 0.1) is 0 Å². The Bertz CT molecular complexity index is 444. The topological polar surface area (TPSA) is 67.4 Å². The second kappa shape index (κ2) is 5.52. The third-order valence-corrected chi connectivity index (χ3v) is 2.95. The van der Waals surface area contributed by atoms with E-state index in [1.54, 1.807) is 17.0 Å². The molecule has 0 saturated carbocycles. The fourth-order valence-electron chi connectivity index (χ4n) is 2.07. The molecule has 2 heterocycles. The summed E-state index contributed by atoms with van der Waals surface area (Å²) in [6.45, 7) is 8.44. The monoisotopic (exact) mass is 264 g/mol. The molecular formula is C13H20N4O2. The Balaban J connectivity index is 2.06. The van der Waals surface area contributed by atoms with Crippen LogP contribution in [0.4, 0.5) is 5.82 Å². The molecule has 0 unspecified atom stereocenters. The molecule has 0 radical (unpaired) electrons. The van der Waals surface area contributed by atoms with Gasteiger partial charge < -0.3 is 15.0 Å². The highest BCUT2D eigenvalue weighted by atomic mass is 16.5. The van der Waals surface area contributed by atoms with E-state index in [2.05, 4.69) is 15.5 Å². The summed E-state index contributed by atoms with van der Waals surface area (Å²) in [4.78, 5) is 14.1. The first-order valence-corrected chi connectivity index (χ1v) is 6.53. The summed E-state index contributed by atoms with van der Waals surface area (Å²) in [6, 6.07) is 3.48. The van der Waals surface area contributed by atoms with Gasteiger partial charge in [0.25, 0.3) is 5.91 Å². The number of nitrogens with one attached hydrogen (secondary N) is 1. The number of amides is 1. The molecule has 1 aliphatic heterocycles. The van der Waals surface area contributed by atoms with Crippen molar-refractivity contribution in [3.05, 3.63) is 17.8 Å². The molecule has 1 fully saturated rings. The summed E-state index contributed by atoms with van der Waals surface area (Å²) in [5, 5.41) is 11.0. The molecule has 104 valence electrons. The third kappa shape index (κ3) is 3.41. The summed E-state index contributed by atoms with van der Waals surface area (Å²) in [5.74, 6) is 0.591. The average molecular weight is 264 g/mol. The van der Waals surface area contributed by atoms with Crippen LogP contribution in [0.25, 0.3) is 0 Å². The Kier molecular flexibility index (Phi) is 3.99. The van der Waals surface area contributed by atoms with Crippen LogP contribution in [0.2, 0.25) is 0 Å². The van der Waals surface area contributed by atoms with Gasteiger partial charge >= 0.3 is 0 Å². The van der Waals surface area contributed by atoms with Crippen LogP contribution >= 0.6 is 0 Å². The molecule has 19 heavy (non-hydrogen) atoms. The van der Waals surface area contributed by atoms with Crippen molar-refractivity contribution in [3.63, 3.8) is 0 Å². The number of hydrogen-bond donors (Lipinski definition) is 1. The summed E-state index contributed by atoms with van der Waals surface area (Å²) in [5.41, 5.74) is 0.0739. The lowest BCUT2D eigenvalue weighted by Gasteiger charge is -2.37. The number of rotatable bonds is 3. The van der Waals surface area contributed by atoms with Gasteiger partial charge in [-0.1, -0.05) is 0 Å². The molecule has 6 heteroatoms. The third-order valence-electron chi connectivity index (χ3n) is 2.95. The number of anilines is 1. The number of carbonyl (C=O) groups is 1. The van der Waals surface area contributed by atoms with Crippen LogP contribution in [-0.4, -0.2) is 52.8 Å². The van der Waals surface area contributed by atoms with E-state index in [9.17, 15) is 4.79 Å². The van der Waals surface area contributed by atoms with Crippen LogP contribution in [0.15, 0.2) is 12.1 Å². The lowest BCUT2D eigenvalue weighted by molar-refractivity contribution is -0.0765. The zero-order chi connectivity index (χ0) is 13.9. The number of hydrogen-bond acceptors (Lipinski definition) is 5. The first-order chi connectivity index (χ1) is 9.02. The summed E-state index contributed by atoms with van der Waals surface area (Å²) in [6.07, 6.45) is 0. The van der Waals surface area contributed by atoms with Gasteiger partial charge in [-0.2, -0.15) is 0 Å². The highest BCUT2D eigenvalue weighted by Gasteiger charge is 2.30. The largest absolute Gasteiger partial charge is 0.372 e. The molecular weight excluding hydrogens is 244 g/mol. The van der Waals surface area contributed by atoms with Crippen LogP contribution in [0.5, 0.6) is 0 Å². The zero-order valence-corrected chi connectivity index (χ0v) is 11.6. The van der Waals surface area contributed by atoms with E-state index in [0.29, 0.717) is 31.2 Å². The fourth-order valence-corrected chi connectivity index (χ4v) is 2.07. The van der Waals surface area contributed by atoms with E-state index in [-0.39, 0.29) is 11.5 Å². The number of aromatic nitrogens is 2. The number of morpholine rings is 1. The quantitative estimate of drug-likeness (QED) is 0.887. The van der Waals surface area contributed by atoms with Gasteiger partial charge in [0.2, 0.25) is 0 Å².